The molecule has 2 amide bonds. The highest BCUT2D eigenvalue weighted by Gasteiger charge is 2.31. The molecule has 11 nitrogen and oxygen atoms in total. The summed E-state index contributed by atoms with van der Waals surface area (Å²) in [5.41, 5.74) is 1.67. The van der Waals surface area contributed by atoms with E-state index in [1.807, 2.05) is 42.5 Å². The highest BCUT2D eigenvalue weighted by atomic mass is 32.2. The molecule has 236 valence electrons. The normalized spacial score (nSPS) is 14.4. The number of nitrogens with one attached hydrogen (secondary N) is 1. The Morgan fingerprint density at radius 3 is 2.25 bits per heavy atom. The van der Waals surface area contributed by atoms with E-state index in [2.05, 4.69) is 5.32 Å². The standard InChI is InChI=1S/C32H39N3O8S/c1-41-27-10-8-26(9-11-27)23-35(30(32(38)33-16-5-19-36)22-25-6-3-2-4-7-25)31(37)24-43-28-12-14-29(15-13-28)44(39,40)34-17-20-42-21-18-34/h2-4,6-15,30,36H,5,16-24H2,1H3,(H,33,38). The van der Waals surface area contributed by atoms with Gasteiger partial charge in [0.2, 0.25) is 15.9 Å². The van der Waals surface area contributed by atoms with Crippen molar-refractivity contribution in [3.8, 4) is 11.5 Å². The number of carbonyl (C=O) groups excluding carboxylic acids is 2. The minimum absolute atomic E-state index is 0.0709. The molecule has 3 aromatic rings. The van der Waals surface area contributed by atoms with Crippen LogP contribution in [0.1, 0.15) is 17.5 Å². The third-order valence-corrected chi connectivity index (χ3v) is 9.12. The lowest BCUT2D eigenvalue weighted by Crippen LogP contribution is -2.51. The lowest BCUT2D eigenvalue weighted by atomic mass is 10.0. The van der Waals surface area contributed by atoms with Gasteiger partial charge >= 0.3 is 0 Å². The minimum atomic E-state index is -3.67. The third-order valence-electron chi connectivity index (χ3n) is 7.21. The summed E-state index contributed by atoms with van der Waals surface area (Å²) in [6.07, 6.45) is 0.651. The molecule has 1 unspecified atom stereocenters. The molecule has 0 spiro atoms. The molecule has 1 atom stereocenters. The summed E-state index contributed by atoms with van der Waals surface area (Å²) in [7, 11) is -2.10. The molecule has 1 saturated heterocycles. The van der Waals surface area contributed by atoms with Crippen LogP contribution in [0.25, 0.3) is 0 Å². The SMILES string of the molecule is COc1ccc(CN(C(=O)COc2ccc(S(=O)(=O)N3CCOCC3)cc2)C(Cc2ccccc2)C(=O)NCCCO)cc1. The van der Waals surface area contributed by atoms with Gasteiger partial charge in [0.15, 0.2) is 6.61 Å². The Morgan fingerprint density at radius 2 is 1.61 bits per heavy atom. The highest BCUT2D eigenvalue weighted by molar-refractivity contribution is 7.89. The first-order valence-corrected chi connectivity index (χ1v) is 15.9. The maximum Gasteiger partial charge on any atom is 0.261 e. The van der Waals surface area contributed by atoms with E-state index in [0.29, 0.717) is 31.1 Å². The van der Waals surface area contributed by atoms with E-state index in [9.17, 15) is 23.1 Å². The number of nitrogens with zero attached hydrogens (tertiary/aromatic N) is 2. The zero-order chi connectivity index (χ0) is 31.4. The van der Waals surface area contributed by atoms with Gasteiger partial charge in [-0.25, -0.2) is 8.42 Å². The predicted molar refractivity (Wildman–Crippen MR) is 164 cm³/mol. The Kier molecular flexibility index (Phi) is 12.1. The number of carbonyl (C=O) groups is 2. The number of hydrogen-bond donors (Lipinski definition) is 2. The molecule has 1 aliphatic heterocycles. The number of methoxy groups -OCH3 is 1. The van der Waals surface area contributed by atoms with E-state index < -0.39 is 22.0 Å². The Hall–Kier alpha value is -3.97. The summed E-state index contributed by atoms with van der Waals surface area (Å²) in [4.78, 5) is 28.9. The van der Waals surface area contributed by atoms with E-state index in [4.69, 9.17) is 14.2 Å². The van der Waals surface area contributed by atoms with Crippen molar-refractivity contribution in [1.82, 2.24) is 14.5 Å². The molecule has 0 bridgehead atoms. The third kappa shape index (κ3) is 9.02. The van der Waals surface area contributed by atoms with Crippen molar-refractivity contribution in [3.05, 3.63) is 90.0 Å². The molecule has 12 heteroatoms. The fourth-order valence-electron chi connectivity index (χ4n) is 4.76. The monoisotopic (exact) mass is 625 g/mol. The van der Waals surface area contributed by atoms with Gasteiger partial charge in [-0.3, -0.25) is 9.59 Å². The van der Waals surface area contributed by atoms with Crippen molar-refractivity contribution in [3.63, 3.8) is 0 Å². The van der Waals surface area contributed by atoms with Crippen LogP contribution in [0.5, 0.6) is 11.5 Å². The maximum atomic E-state index is 13.8. The molecule has 1 fully saturated rings. The average Bonchev–Trinajstić information content (AvgIpc) is 3.06. The molecular formula is C32H39N3O8S. The maximum absolute atomic E-state index is 13.8. The van der Waals surface area contributed by atoms with Crippen molar-refractivity contribution in [1.29, 1.82) is 0 Å². The summed E-state index contributed by atoms with van der Waals surface area (Å²) in [6.45, 7) is 1.23. The fraction of sp³-hybridized carbons (Fsp3) is 0.375. The Balaban J connectivity index is 1.54. The number of aliphatic hydroxyl groups is 1. The molecule has 2 N–H and O–H groups in total. The van der Waals surface area contributed by atoms with E-state index in [1.54, 1.807) is 19.2 Å². The number of morpholine rings is 1. The van der Waals surface area contributed by atoms with Crippen LogP contribution < -0.4 is 14.8 Å². The number of aliphatic hydroxyl groups excluding tert-OH is 1. The largest absolute Gasteiger partial charge is 0.497 e. The molecule has 0 aliphatic carbocycles. The van der Waals surface area contributed by atoms with Gasteiger partial charge in [0.25, 0.3) is 5.91 Å². The summed E-state index contributed by atoms with van der Waals surface area (Å²) in [6, 6.07) is 21.7. The van der Waals surface area contributed by atoms with Gasteiger partial charge < -0.3 is 29.5 Å². The van der Waals surface area contributed by atoms with Crippen LogP contribution in [-0.4, -0.2) is 93.8 Å². The zero-order valence-electron chi connectivity index (χ0n) is 24.8. The Bertz CT molecular complexity index is 1450. The molecule has 0 aromatic heterocycles. The molecule has 44 heavy (non-hydrogen) atoms. The van der Waals surface area contributed by atoms with Gasteiger partial charge in [0, 0.05) is 39.2 Å². The highest BCUT2D eigenvalue weighted by Crippen LogP contribution is 2.22. The molecular weight excluding hydrogens is 586 g/mol. The molecule has 0 saturated carbocycles. The lowest BCUT2D eigenvalue weighted by Gasteiger charge is -2.31. The number of amides is 2. The van der Waals surface area contributed by atoms with E-state index >= 15 is 0 Å². The van der Waals surface area contributed by atoms with Crippen molar-refractivity contribution in [2.75, 3.05) is 53.2 Å². The number of hydrogen-bond acceptors (Lipinski definition) is 8. The molecule has 0 radical (unpaired) electrons. The van der Waals surface area contributed by atoms with Crippen molar-refractivity contribution in [2.45, 2.75) is 30.3 Å². The van der Waals surface area contributed by atoms with E-state index in [-0.39, 0.29) is 56.6 Å². The first kappa shape index (κ1) is 32.9. The summed E-state index contributed by atoms with van der Waals surface area (Å²) in [5.74, 6) is 0.207. The molecule has 1 heterocycles. The van der Waals surface area contributed by atoms with Gasteiger partial charge in [-0.1, -0.05) is 42.5 Å². The smallest absolute Gasteiger partial charge is 0.261 e. The second-order valence-electron chi connectivity index (χ2n) is 10.2. The summed E-state index contributed by atoms with van der Waals surface area (Å²) in [5, 5.41) is 12.1. The van der Waals surface area contributed by atoms with E-state index in [0.717, 1.165) is 11.1 Å². The van der Waals surface area contributed by atoms with E-state index in [1.165, 1.54) is 33.5 Å². The Morgan fingerprint density at radius 1 is 0.955 bits per heavy atom. The second kappa shape index (κ2) is 16.2. The summed E-state index contributed by atoms with van der Waals surface area (Å²) < 4.78 is 43.6. The first-order chi connectivity index (χ1) is 21.3. The van der Waals surface area contributed by atoms with Crippen molar-refractivity contribution >= 4 is 21.8 Å². The van der Waals surface area contributed by atoms with Gasteiger partial charge in [-0.05, 0) is 53.9 Å². The number of ether oxygens (including phenoxy) is 3. The predicted octanol–water partition coefficient (Wildman–Crippen LogP) is 2.23. The van der Waals surface area contributed by atoms with Gasteiger partial charge in [0.1, 0.15) is 17.5 Å². The quantitative estimate of drug-likeness (QED) is 0.246. The number of benzene rings is 3. The van der Waals surface area contributed by atoms with Gasteiger partial charge in [-0.2, -0.15) is 4.31 Å². The van der Waals surface area contributed by atoms with Crippen LogP contribution in [0.2, 0.25) is 0 Å². The van der Waals surface area contributed by atoms with Gasteiger partial charge in [0.05, 0.1) is 25.2 Å². The molecule has 4 rings (SSSR count). The zero-order valence-corrected chi connectivity index (χ0v) is 25.6. The van der Waals surface area contributed by atoms with Crippen molar-refractivity contribution in [2.24, 2.45) is 0 Å². The Labute approximate surface area is 258 Å². The second-order valence-corrected chi connectivity index (χ2v) is 12.2. The van der Waals surface area contributed by atoms with Crippen LogP contribution in [0, 0.1) is 0 Å². The minimum Gasteiger partial charge on any atom is -0.497 e. The van der Waals surface area contributed by atoms with Crippen LogP contribution in [-0.2, 0) is 37.3 Å². The number of sulfonamides is 1. The van der Waals surface area contributed by atoms with Crippen LogP contribution in [0.4, 0.5) is 0 Å². The average molecular weight is 626 g/mol. The summed E-state index contributed by atoms with van der Waals surface area (Å²) >= 11 is 0. The molecule has 3 aromatic carbocycles. The van der Waals surface area contributed by atoms with Crippen molar-refractivity contribution < 1.29 is 37.3 Å². The van der Waals surface area contributed by atoms with Crippen LogP contribution >= 0.6 is 0 Å². The first-order valence-electron chi connectivity index (χ1n) is 14.5. The number of rotatable bonds is 15. The molecule has 1 aliphatic rings. The van der Waals surface area contributed by atoms with Crippen LogP contribution in [0.3, 0.4) is 0 Å². The topological polar surface area (TPSA) is 135 Å². The van der Waals surface area contributed by atoms with Crippen LogP contribution in [0.15, 0.2) is 83.8 Å². The fourth-order valence-corrected chi connectivity index (χ4v) is 6.17. The van der Waals surface area contributed by atoms with Gasteiger partial charge in [-0.15, -0.1) is 0 Å². The lowest BCUT2D eigenvalue weighted by molar-refractivity contribution is -0.142.